The van der Waals surface area contributed by atoms with Gasteiger partial charge in [0.2, 0.25) is 0 Å². The molecule has 0 saturated carbocycles. The molecule has 0 radical (unpaired) electrons. The summed E-state index contributed by atoms with van der Waals surface area (Å²) in [5.41, 5.74) is 4.20. The molecule has 0 N–H and O–H groups in total. The topological polar surface area (TPSA) is 39.2 Å². The summed E-state index contributed by atoms with van der Waals surface area (Å²) < 4.78 is 0.938. The first kappa shape index (κ1) is 21.2. The minimum Gasteiger partial charge on any atom is -0.369 e. The van der Waals surface area contributed by atoms with Crippen LogP contribution >= 0.6 is 27.5 Å². The van der Waals surface area contributed by atoms with Crippen molar-refractivity contribution in [2.45, 2.75) is 0 Å². The summed E-state index contributed by atoms with van der Waals surface area (Å²) in [5, 5.41) is 0.751. The van der Waals surface area contributed by atoms with Crippen LogP contribution in [0.3, 0.4) is 0 Å². The van der Waals surface area contributed by atoms with E-state index in [1.165, 1.54) is 0 Å². The summed E-state index contributed by atoms with van der Waals surface area (Å²) in [4.78, 5) is 24.6. The normalized spacial score (nSPS) is 17.8. The molecule has 1 saturated heterocycles. The maximum atomic E-state index is 13.4. The number of aliphatic imine (C=N–C) groups is 1. The van der Waals surface area contributed by atoms with Crippen molar-refractivity contribution in [2.24, 2.45) is 4.99 Å². The molecule has 5 rings (SSSR count). The number of halogens is 2. The maximum absolute atomic E-state index is 13.4. The van der Waals surface area contributed by atoms with Gasteiger partial charge in [0.05, 0.1) is 18.0 Å². The maximum Gasteiger partial charge on any atom is 0.278 e. The second-order valence-electron chi connectivity index (χ2n) is 7.92. The van der Waals surface area contributed by atoms with E-state index < -0.39 is 0 Å². The number of rotatable bonds is 4. The Morgan fingerprint density at radius 1 is 0.906 bits per heavy atom. The van der Waals surface area contributed by atoms with Crippen molar-refractivity contribution < 1.29 is 4.79 Å². The van der Waals surface area contributed by atoms with E-state index in [1.807, 2.05) is 71.6 Å². The van der Waals surface area contributed by atoms with Crippen LogP contribution < -0.4 is 9.80 Å². The molecular formula is C25H22BrClN4O. The Morgan fingerprint density at radius 2 is 1.69 bits per heavy atom. The fraction of sp³-hybridized carbons (Fsp3) is 0.200. The molecule has 162 valence electrons. The van der Waals surface area contributed by atoms with E-state index in [9.17, 15) is 4.79 Å². The number of hydrogen-bond donors (Lipinski definition) is 0. The zero-order valence-electron chi connectivity index (χ0n) is 17.4. The van der Waals surface area contributed by atoms with Crippen LogP contribution in [0.15, 0.2) is 82.3 Å². The van der Waals surface area contributed by atoms with Gasteiger partial charge in [-0.1, -0.05) is 57.9 Å². The monoisotopic (exact) mass is 508 g/mol. The van der Waals surface area contributed by atoms with Gasteiger partial charge in [-0.05, 0) is 42.5 Å². The van der Waals surface area contributed by atoms with Gasteiger partial charge in [0.1, 0.15) is 5.71 Å². The third kappa shape index (κ3) is 4.31. The molecule has 3 aromatic carbocycles. The molecule has 0 aromatic heterocycles. The van der Waals surface area contributed by atoms with Crippen molar-refractivity contribution in [2.75, 3.05) is 42.6 Å². The lowest BCUT2D eigenvalue weighted by Crippen LogP contribution is -2.51. The molecule has 0 spiro atoms. The van der Waals surface area contributed by atoms with Crippen molar-refractivity contribution >= 4 is 56.2 Å². The number of carbonyl (C=O) groups excluding carboxylic acids is 1. The lowest BCUT2D eigenvalue weighted by Gasteiger charge is -2.37. The molecule has 2 aliphatic rings. The first-order valence-electron chi connectivity index (χ1n) is 10.6. The van der Waals surface area contributed by atoms with Gasteiger partial charge in [-0.25, -0.2) is 4.99 Å². The SMILES string of the molecule is O=C1C(=Nc2cccc(Br)c2)c2ccccc2N1CN1CCN(c2cccc(Cl)c2)CC1. The van der Waals surface area contributed by atoms with Crippen LogP contribution in [0.25, 0.3) is 0 Å². The number of piperazine rings is 1. The molecule has 1 fully saturated rings. The molecule has 1 amide bonds. The smallest absolute Gasteiger partial charge is 0.278 e. The Kier molecular flexibility index (Phi) is 6.00. The third-order valence-corrected chi connectivity index (χ3v) is 6.56. The lowest BCUT2D eigenvalue weighted by molar-refractivity contribution is -0.112. The molecule has 0 atom stereocenters. The summed E-state index contributed by atoms with van der Waals surface area (Å²) >= 11 is 9.63. The first-order chi connectivity index (χ1) is 15.6. The number of fused-ring (bicyclic) bond motifs is 1. The lowest BCUT2D eigenvalue weighted by atomic mass is 10.1. The number of para-hydroxylation sites is 1. The average molecular weight is 510 g/mol. The number of hydrogen-bond acceptors (Lipinski definition) is 4. The van der Waals surface area contributed by atoms with Gasteiger partial charge in [-0.3, -0.25) is 14.6 Å². The Morgan fingerprint density at radius 3 is 2.47 bits per heavy atom. The first-order valence-corrected chi connectivity index (χ1v) is 11.7. The Hall–Kier alpha value is -2.67. The summed E-state index contributed by atoms with van der Waals surface area (Å²) in [5.74, 6) is -0.0524. The average Bonchev–Trinajstić information content (AvgIpc) is 3.06. The Bertz CT molecular complexity index is 1190. The van der Waals surface area contributed by atoms with Crippen molar-refractivity contribution in [3.05, 3.63) is 87.9 Å². The number of carbonyl (C=O) groups is 1. The molecule has 32 heavy (non-hydrogen) atoms. The predicted molar refractivity (Wildman–Crippen MR) is 134 cm³/mol. The molecule has 0 aliphatic carbocycles. The van der Waals surface area contributed by atoms with Gasteiger partial charge in [-0.15, -0.1) is 0 Å². The highest BCUT2D eigenvalue weighted by atomic mass is 79.9. The zero-order chi connectivity index (χ0) is 22.1. The van der Waals surface area contributed by atoms with Crippen LogP contribution in [0.5, 0.6) is 0 Å². The number of benzene rings is 3. The number of nitrogens with zero attached hydrogens (tertiary/aromatic N) is 4. The van der Waals surface area contributed by atoms with Gasteiger partial charge in [0, 0.05) is 46.9 Å². The minimum atomic E-state index is -0.0524. The standard InChI is InChI=1S/C25H22BrClN4O/c26-18-5-3-7-20(15-18)28-24-22-9-1-2-10-23(22)31(25(24)32)17-29-11-13-30(14-12-29)21-8-4-6-19(27)16-21/h1-10,15-16H,11-14,17H2. The van der Waals surface area contributed by atoms with Gasteiger partial charge in [0.25, 0.3) is 5.91 Å². The summed E-state index contributed by atoms with van der Waals surface area (Å²) in [6.07, 6.45) is 0. The molecule has 3 aromatic rings. The van der Waals surface area contributed by atoms with E-state index in [0.717, 1.165) is 58.3 Å². The highest BCUT2D eigenvalue weighted by Gasteiger charge is 2.35. The minimum absolute atomic E-state index is 0.0524. The van der Waals surface area contributed by atoms with Gasteiger partial charge in [0.15, 0.2) is 0 Å². The van der Waals surface area contributed by atoms with Crippen molar-refractivity contribution in [3.8, 4) is 0 Å². The van der Waals surface area contributed by atoms with E-state index in [0.29, 0.717) is 12.4 Å². The van der Waals surface area contributed by atoms with Crippen LogP contribution in [0, 0.1) is 0 Å². The van der Waals surface area contributed by atoms with E-state index >= 15 is 0 Å². The molecular weight excluding hydrogens is 488 g/mol. The van der Waals surface area contributed by atoms with Gasteiger partial charge >= 0.3 is 0 Å². The van der Waals surface area contributed by atoms with Gasteiger partial charge in [-0.2, -0.15) is 0 Å². The van der Waals surface area contributed by atoms with Crippen LogP contribution in [-0.4, -0.2) is 49.4 Å². The Labute approximate surface area is 201 Å². The van der Waals surface area contributed by atoms with E-state index in [-0.39, 0.29) is 5.91 Å². The van der Waals surface area contributed by atoms with Crippen molar-refractivity contribution in [3.63, 3.8) is 0 Å². The molecule has 2 heterocycles. The number of anilines is 2. The quantitative estimate of drug-likeness (QED) is 0.476. The highest BCUT2D eigenvalue weighted by Crippen LogP contribution is 2.32. The highest BCUT2D eigenvalue weighted by molar-refractivity contribution is 9.10. The summed E-state index contributed by atoms with van der Waals surface area (Å²) in [6, 6.07) is 23.6. The molecule has 7 heteroatoms. The summed E-state index contributed by atoms with van der Waals surface area (Å²) in [7, 11) is 0. The largest absolute Gasteiger partial charge is 0.369 e. The summed E-state index contributed by atoms with van der Waals surface area (Å²) in [6.45, 7) is 4.08. The molecule has 0 unspecified atom stereocenters. The molecule has 5 nitrogen and oxygen atoms in total. The van der Waals surface area contributed by atoms with E-state index in [2.05, 4.69) is 31.8 Å². The Balaban J connectivity index is 1.33. The second-order valence-corrected chi connectivity index (χ2v) is 9.27. The molecule has 2 aliphatic heterocycles. The van der Waals surface area contributed by atoms with Gasteiger partial charge < -0.3 is 4.90 Å². The second kappa shape index (κ2) is 9.06. The van der Waals surface area contributed by atoms with Crippen LogP contribution in [0.2, 0.25) is 5.02 Å². The zero-order valence-corrected chi connectivity index (χ0v) is 19.8. The van der Waals surface area contributed by atoms with Crippen LogP contribution in [0.1, 0.15) is 5.56 Å². The van der Waals surface area contributed by atoms with E-state index in [4.69, 9.17) is 16.6 Å². The van der Waals surface area contributed by atoms with Crippen LogP contribution in [-0.2, 0) is 4.79 Å². The fourth-order valence-corrected chi connectivity index (χ4v) is 4.78. The van der Waals surface area contributed by atoms with Crippen LogP contribution in [0.4, 0.5) is 17.1 Å². The fourth-order valence-electron chi connectivity index (χ4n) is 4.21. The van der Waals surface area contributed by atoms with Crippen molar-refractivity contribution in [1.82, 2.24) is 4.90 Å². The number of amides is 1. The van der Waals surface area contributed by atoms with E-state index in [1.54, 1.807) is 0 Å². The van der Waals surface area contributed by atoms with Crippen molar-refractivity contribution in [1.29, 1.82) is 0 Å². The predicted octanol–water partition coefficient (Wildman–Crippen LogP) is 5.35. The third-order valence-electron chi connectivity index (χ3n) is 5.83. The molecule has 0 bridgehead atoms.